The van der Waals surface area contributed by atoms with Crippen molar-refractivity contribution in [2.45, 2.75) is 18.4 Å². The van der Waals surface area contributed by atoms with Crippen molar-refractivity contribution in [2.75, 3.05) is 39.4 Å². The summed E-state index contributed by atoms with van der Waals surface area (Å²) in [7, 11) is 4.67. The number of rotatable bonds is 9. The predicted molar refractivity (Wildman–Crippen MR) is 86.4 cm³/mol. The molecule has 8 nitrogen and oxygen atoms in total. The maximum absolute atomic E-state index is 12.8. The highest BCUT2D eigenvalue weighted by Crippen LogP contribution is 2.23. The van der Waals surface area contributed by atoms with Gasteiger partial charge in [0, 0.05) is 52.3 Å². The van der Waals surface area contributed by atoms with Gasteiger partial charge in [0.05, 0.1) is 4.92 Å². The highest BCUT2D eigenvalue weighted by Gasteiger charge is 2.36. The Hall–Kier alpha value is -2.03. The largest absolute Gasteiger partial charge is 0.385 e. The SMILES string of the molecule is COCCC(N)(CCOC)C(=O)N(C)c1ccc([N+](=O)[O-])cc1. The van der Waals surface area contributed by atoms with Gasteiger partial charge in [0.15, 0.2) is 0 Å². The summed E-state index contributed by atoms with van der Waals surface area (Å²) in [6.07, 6.45) is 0.700. The van der Waals surface area contributed by atoms with Crippen LogP contribution in [0.2, 0.25) is 0 Å². The normalized spacial score (nSPS) is 11.3. The van der Waals surface area contributed by atoms with E-state index >= 15 is 0 Å². The maximum Gasteiger partial charge on any atom is 0.269 e. The second-order valence-electron chi connectivity index (χ2n) is 5.28. The number of likely N-dealkylation sites (N-methyl/N-ethyl adjacent to an activating group) is 1. The van der Waals surface area contributed by atoms with Crippen molar-refractivity contribution < 1.29 is 19.2 Å². The van der Waals surface area contributed by atoms with Crippen molar-refractivity contribution in [3.8, 4) is 0 Å². The van der Waals surface area contributed by atoms with Crippen molar-refractivity contribution in [1.82, 2.24) is 0 Å². The minimum Gasteiger partial charge on any atom is -0.385 e. The average Bonchev–Trinajstić information content (AvgIpc) is 2.56. The van der Waals surface area contributed by atoms with E-state index in [4.69, 9.17) is 15.2 Å². The molecule has 0 bridgehead atoms. The lowest BCUT2D eigenvalue weighted by Gasteiger charge is -2.32. The molecule has 8 heteroatoms. The third-order valence-electron chi connectivity index (χ3n) is 3.68. The third kappa shape index (κ3) is 4.98. The zero-order valence-corrected chi connectivity index (χ0v) is 13.7. The van der Waals surface area contributed by atoms with Gasteiger partial charge in [0.25, 0.3) is 5.69 Å². The summed E-state index contributed by atoms with van der Waals surface area (Å²) < 4.78 is 10.1. The minimum atomic E-state index is -1.12. The zero-order valence-electron chi connectivity index (χ0n) is 13.7. The van der Waals surface area contributed by atoms with Gasteiger partial charge >= 0.3 is 0 Å². The predicted octanol–water partition coefficient (Wildman–Crippen LogP) is 1.33. The summed E-state index contributed by atoms with van der Waals surface area (Å²) >= 11 is 0. The number of nitro groups is 1. The number of non-ortho nitro benzene ring substituents is 1. The van der Waals surface area contributed by atoms with Crippen LogP contribution in [0.25, 0.3) is 0 Å². The van der Waals surface area contributed by atoms with E-state index in [0.29, 0.717) is 31.7 Å². The Bertz CT molecular complexity index is 524. The zero-order chi connectivity index (χ0) is 17.5. The van der Waals surface area contributed by atoms with Crippen LogP contribution in [-0.2, 0) is 14.3 Å². The van der Waals surface area contributed by atoms with Gasteiger partial charge in [-0.3, -0.25) is 14.9 Å². The Morgan fingerprint density at radius 3 is 2.09 bits per heavy atom. The summed E-state index contributed by atoms with van der Waals surface area (Å²) in [6.45, 7) is 0.695. The van der Waals surface area contributed by atoms with Crippen LogP contribution in [0.15, 0.2) is 24.3 Å². The van der Waals surface area contributed by atoms with Gasteiger partial charge in [-0.25, -0.2) is 0 Å². The Morgan fingerprint density at radius 1 is 1.22 bits per heavy atom. The van der Waals surface area contributed by atoms with Crippen LogP contribution in [0.3, 0.4) is 0 Å². The quantitative estimate of drug-likeness (QED) is 0.542. The molecule has 1 aromatic rings. The second kappa shape index (κ2) is 8.56. The number of carbonyl (C=O) groups is 1. The number of nitro benzene ring substituents is 1. The number of nitrogens with two attached hydrogens (primary N) is 1. The van der Waals surface area contributed by atoms with Crippen LogP contribution in [0.4, 0.5) is 11.4 Å². The Labute approximate surface area is 135 Å². The molecule has 0 heterocycles. The second-order valence-corrected chi connectivity index (χ2v) is 5.28. The molecule has 0 radical (unpaired) electrons. The first-order valence-corrected chi connectivity index (χ1v) is 7.15. The smallest absolute Gasteiger partial charge is 0.269 e. The van der Waals surface area contributed by atoms with Crippen LogP contribution in [0, 0.1) is 10.1 Å². The molecular formula is C15H23N3O5. The van der Waals surface area contributed by atoms with Crippen molar-refractivity contribution in [2.24, 2.45) is 5.73 Å². The fraction of sp³-hybridized carbons (Fsp3) is 0.533. The molecule has 0 saturated heterocycles. The summed E-state index contributed by atoms with van der Waals surface area (Å²) in [5, 5.41) is 10.7. The summed E-state index contributed by atoms with van der Waals surface area (Å²) in [4.78, 5) is 24.3. The number of benzene rings is 1. The van der Waals surface area contributed by atoms with Gasteiger partial charge in [-0.1, -0.05) is 0 Å². The number of methoxy groups -OCH3 is 2. The summed E-state index contributed by atoms with van der Waals surface area (Å²) in [6, 6.07) is 5.73. The van der Waals surface area contributed by atoms with Gasteiger partial charge < -0.3 is 20.1 Å². The number of ether oxygens (including phenoxy) is 2. The fourth-order valence-electron chi connectivity index (χ4n) is 2.16. The Kier molecular flexibility index (Phi) is 7.08. The molecule has 0 atom stereocenters. The minimum absolute atomic E-state index is 0.0348. The van der Waals surface area contributed by atoms with E-state index in [1.165, 1.54) is 29.2 Å². The number of hydrogen-bond donors (Lipinski definition) is 1. The van der Waals surface area contributed by atoms with Gasteiger partial charge in [-0.2, -0.15) is 0 Å². The summed E-state index contributed by atoms with van der Waals surface area (Å²) in [5.41, 5.74) is 5.65. The van der Waals surface area contributed by atoms with Gasteiger partial charge in [-0.05, 0) is 25.0 Å². The lowest BCUT2D eigenvalue weighted by atomic mass is 9.91. The number of amides is 1. The highest BCUT2D eigenvalue weighted by molar-refractivity contribution is 5.99. The summed E-state index contributed by atoms with van der Waals surface area (Å²) in [5.74, 6) is -0.291. The topological polar surface area (TPSA) is 108 Å². The van der Waals surface area contributed by atoms with E-state index in [1.54, 1.807) is 21.3 Å². The Balaban J connectivity index is 2.94. The first-order chi connectivity index (χ1) is 10.9. The molecule has 23 heavy (non-hydrogen) atoms. The molecule has 1 rings (SSSR count). The molecule has 0 aromatic heterocycles. The van der Waals surface area contributed by atoms with Crippen molar-refractivity contribution >= 4 is 17.3 Å². The molecule has 2 N–H and O–H groups in total. The first-order valence-electron chi connectivity index (χ1n) is 7.15. The maximum atomic E-state index is 12.8. The standard InChI is InChI=1S/C15H23N3O5/c1-17(12-4-6-13(7-5-12)18(20)21)14(19)15(16,8-10-22-2)9-11-23-3/h4-7H,8-11,16H2,1-3H3. The van der Waals surface area contributed by atoms with Crippen molar-refractivity contribution in [3.05, 3.63) is 34.4 Å². The molecule has 128 valence electrons. The monoisotopic (exact) mass is 325 g/mol. The van der Waals surface area contributed by atoms with E-state index < -0.39 is 10.5 Å². The van der Waals surface area contributed by atoms with Crippen molar-refractivity contribution in [1.29, 1.82) is 0 Å². The van der Waals surface area contributed by atoms with E-state index in [1.807, 2.05) is 0 Å². The average molecular weight is 325 g/mol. The first kappa shape index (κ1) is 19.0. The van der Waals surface area contributed by atoms with Crippen LogP contribution in [0.5, 0.6) is 0 Å². The molecule has 0 saturated carbocycles. The molecular weight excluding hydrogens is 302 g/mol. The van der Waals surface area contributed by atoms with Gasteiger partial charge in [0.1, 0.15) is 5.54 Å². The van der Waals surface area contributed by atoms with E-state index in [9.17, 15) is 14.9 Å². The molecule has 0 fully saturated rings. The third-order valence-corrected chi connectivity index (χ3v) is 3.68. The van der Waals surface area contributed by atoms with Crippen LogP contribution >= 0.6 is 0 Å². The lowest BCUT2D eigenvalue weighted by molar-refractivity contribution is -0.384. The van der Waals surface area contributed by atoms with Crippen LogP contribution < -0.4 is 10.6 Å². The molecule has 1 aromatic carbocycles. The molecule has 0 spiro atoms. The number of hydrogen-bond acceptors (Lipinski definition) is 6. The number of nitrogens with zero attached hydrogens (tertiary/aromatic N) is 2. The molecule has 0 aliphatic carbocycles. The van der Waals surface area contributed by atoms with Gasteiger partial charge in [0.2, 0.25) is 5.91 Å². The van der Waals surface area contributed by atoms with E-state index in [0.717, 1.165) is 0 Å². The lowest BCUT2D eigenvalue weighted by Crippen LogP contribution is -2.55. The van der Waals surface area contributed by atoms with Crippen LogP contribution in [0.1, 0.15) is 12.8 Å². The van der Waals surface area contributed by atoms with Gasteiger partial charge in [-0.15, -0.1) is 0 Å². The van der Waals surface area contributed by atoms with Crippen molar-refractivity contribution in [3.63, 3.8) is 0 Å². The van der Waals surface area contributed by atoms with E-state index in [2.05, 4.69) is 0 Å². The molecule has 0 unspecified atom stereocenters. The Morgan fingerprint density at radius 2 is 1.70 bits per heavy atom. The number of carbonyl (C=O) groups excluding carboxylic acids is 1. The molecule has 0 aliphatic rings. The fourth-order valence-corrected chi connectivity index (χ4v) is 2.16. The van der Waals surface area contributed by atoms with Crippen LogP contribution in [-0.4, -0.2) is 50.9 Å². The number of anilines is 1. The van der Waals surface area contributed by atoms with E-state index in [-0.39, 0.29) is 11.6 Å². The molecule has 0 aliphatic heterocycles. The highest BCUT2D eigenvalue weighted by atomic mass is 16.6. The molecule has 1 amide bonds.